The van der Waals surface area contributed by atoms with Crippen molar-refractivity contribution >= 4 is 24.0 Å². The lowest BCUT2D eigenvalue weighted by Gasteiger charge is -2.31. The van der Waals surface area contributed by atoms with Gasteiger partial charge in [-0.3, -0.25) is 0 Å². The molecule has 0 heterocycles. The van der Waals surface area contributed by atoms with Gasteiger partial charge < -0.3 is 4.74 Å². The van der Waals surface area contributed by atoms with Crippen molar-refractivity contribution in [3.63, 3.8) is 0 Å². The molecule has 1 nitrogen and oxygen atoms in total. The van der Waals surface area contributed by atoms with Crippen LogP contribution in [0.5, 0.6) is 5.75 Å². The van der Waals surface area contributed by atoms with Gasteiger partial charge in [-0.1, -0.05) is 120 Å². The Kier molecular flexibility index (Phi) is 6.66. The van der Waals surface area contributed by atoms with E-state index in [9.17, 15) is 0 Å². The molecule has 0 unspecified atom stereocenters. The molecule has 0 aliphatic rings. The molecule has 0 saturated heterocycles. The fraction of sp³-hybridized carbons (Fsp3) is 0.161. The Morgan fingerprint density at radius 3 is 1.76 bits per heavy atom. The Hall–Kier alpha value is -3.36. The van der Waals surface area contributed by atoms with Crippen LogP contribution in [-0.2, 0) is 0 Å². The Labute approximate surface area is 199 Å². The standard InChI is InChI=1S/C31H32OSi/c1-23-14-18-25(19-15-23)30(27-10-9-11-28(22-27)32-3)31(26-20-16-24(2)17-21-26)33(4,5)29-12-7-6-8-13-29/h6-22H,1-5H3/b31-30-. The number of methoxy groups -OCH3 is 1. The van der Waals surface area contributed by atoms with Crippen LogP contribution in [0.2, 0.25) is 13.1 Å². The van der Waals surface area contributed by atoms with Crippen LogP contribution >= 0.6 is 0 Å². The van der Waals surface area contributed by atoms with Crippen molar-refractivity contribution in [3.05, 3.63) is 131 Å². The van der Waals surface area contributed by atoms with Gasteiger partial charge in [0.25, 0.3) is 0 Å². The molecule has 0 aliphatic carbocycles. The van der Waals surface area contributed by atoms with Gasteiger partial charge in [0.05, 0.1) is 7.11 Å². The highest BCUT2D eigenvalue weighted by atomic mass is 28.3. The van der Waals surface area contributed by atoms with Crippen LogP contribution in [0, 0.1) is 13.8 Å². The highest BCUT2D eigenvalue weighted by Crippen LogP contribution is 2.39. The van der Waals surface area contributed by atoms with Gasteiger partial charge in [-0.2, -0.15) is 0 Å². The van der Waals surface area contributed by atoms with Crippen molar-refractivity contribution in [2.24, 2.45) is 0 Å². The van der Waals surface area contributed by atoms with E-state index in [1.807, 2.05) is 6.07 Å². The van der Waals surface area contributed by atoms with E-state index in [2.05, 4.69) is 124 Å². The number of aryl methyl sites for hydroxylation is 2. The molecule has 0 aromatic heterocycles. The third-order valence-corrected chi connectivity index (χ3v) is 9.97. The van der Waals surface area contributed by atoms with Crippen LogP contribution in [0.4, 0.5) is 0 Å². The summed E-state index contributed by atoms with van der Waals surface area (Å²) >= 11 is 0. The van der Waals surface area contributed by atoms with Crippen LogP contribution in [0.3, 0.4) is 0 Å². The minimum absolute atomic E-state index is 0.875. The maximum Gasteiger partial charge on any atom is 0.119 e. The van der Waals surface area contributed by atoms with Gasteiger partial charge in [0.1, 0.15) is 13.8 Å². The summed E-state index contributed by atoms with van der Waals surface area (Å²) < 4.78 is 5.62. The number of rotatable bonds is 6. The van der Waals surface area contributed by atoms with E-state index in [1.165, 1.54) is 43.8 Å². The summed E-state index contributed by atoms with van der Waals surface area (Å²) in [6.07, 6.45) is 0. The Balaban J connectivity index is 2.12. The first-order valence-corrected chi connectivity index (χ1v) is 14.5. The molecule has 0 atom stereocenters. The summed E-state index contributed by atoms with van der Waals surface area (Å²) in [6, 6.07) is 37.4. The van der Waals surface area contributed by atoms with Crippen LogP contribution in [0.15, 0.2) is 103 Å². The molecule has 0 fully saturated rings. The summed E-state index contributed by atoms with van der Waals surface area (Å²) in [4.78, 5) is 0. The third-order valence-electron chi connectivity index (χ3n) is 6.41. The molecule has 2 heteroatoms. The second kappa shape index (κ2) is 9.64. The van der Waals surface area contributed by atoms with Crippen molar-refractivity contribution < 1.29 is 4.74 Å². The van der Waals surface area contributed by atoms with Crippen molar-refractivity contribution in [3.8, 4) is 5.75 Å². The Bertz CT molecular complexity index is 1250. The molecular formula is C31H32OSi. The highest BCUT2D eigenvalue weighted by Gasteiger charge is 2.33. The number of ether oxygens (including phenoxy) is 1. The van der Waals surface area contributed by atoms with E-state index in [4.69, 9.17) is 4.74 Å². The third kappa shape index (κ3) is 4.86. The van der Waals surface area contributed by atoms with Crippen LogP contribution < -0.4 is 9.92 Å². The van der Waals surface area contributed by atoms with E-state index < -0.39 is 8.07 Å². The minimum atomic E-state index is -2.10. The van der Waals surface area contributed by atoms with Gasteiger partial charge in [0.2, 0.25) is 0 Å². The summed E-state index contributed by atoms with van der Waals surface area (Å²) in [5, 5.41) is 2.86. The first kappa shape index (κ1) is 22.8. The first-order chi connectivity index (χ1) is 15.9. The average Bonchev–Trinajstić information content (AvgIpc) is 2.84. The van der Waals surface area contributed by atoms with Crippen molar-refractivity contribution in [1.82, 2.24) is 0 Å². The Morgan fingerprint density at radius 1 is 0.606 bits per heavy atom. The van der Waals surface area contributed by atoms with Gasteiger partial charge >= 0.3 is 0 Å². The maximum absolute atomic E-state index is 5.62. The fourth-order valence-electron chi connectivity index (χ4n) is 4.49. The first-order valence-electron chi connectivity index (χ1n) is 11.5. The number of hydrogen-bond acceptors (Lipinski definition) is 1. The summed E-state index contributed by atoms with van der Waals surface area (Å²) in [5.41, 5.74) is 7.54. The molecule has 0 spiro atoms. The van der Waals surface area contributed by atoms with Crippen molar-refractivity contribution in [2.75, 3.05) is 7.11 Å². The predicted molar refractivity (Wildman–Crippen MR) is 145 cm³/mol. The molecule has 0 saturated carbocycles. The molecule has 0 N–H and O–H groups in total. The topological polar surface area (TPSA) is 9.23 Å². The predicted octanol–water partition coefficient (Wildman–Crippen LogP) is 7.43. The SMILES string of the molecule is COc1cccc(/C(=C(/c2ccc(C)cc2)[Si](C)(C)c2ccccc2)c2ccc(C)cc2)c1. The zero-order valence-electron chi connectivity index (χ0n) is 20.2. The van der Waals surface area contributed by atoms with Gasteiger partial charge in [0, 0.05) is 0 Å². The quantitative estimate of drug-likeness (QED) is 0.220. The summed E-state index contributed by atoms with van der Waals surface area (Å²) in [6.45, 7) is 9.22. The average molecular weight is 449 g/mol. The minimum Gasteiger partial charge on any atom is -0.497 e. The van der Waals surface area contributed by atoms with Crippen molar-refractivity contribution in [1.29, 1.82) is 0 Å². The van der Waals surface area contributed by atoms with Gasteiger partial charge in [-0.25, -0.2) is 0 Å². The summed E-state index contributed by atoms with van der Waals surface area (Å²) in [7, 11) is -0.364. The van der Waals surface area contributed by atoms with E-state index in [-0.39, 0.29) is 0 Å². The zero-order valence-corrected chi connectivity index (χ0v) is 21.2. The zero-order chi connectivity index (χ0) is 23.4. The van der Waals surface area contributed by atoms with Gasteiger partial charge in [0.15, 0.2) is 0 Å². The number of benzene rings is 4. The van der Waals surface area contributed by atoms with Crippen molar-refractivity contribution in [2.45, 2.75) is 26.9 Å². The molecular weight excluding hydrogens is 416 g/mol. The molecule has 0 bridgehead atoms. The molecule has 0 radical (unpaired) electrons. The lowest BCUT2D eigenvalue weighted by molar-refractivity contribution is 0.414. The monoisotopic (exact) mass is 448 g/mol. The molecule has 4 rings (SSSR count). The summed E-state index contributed by atoms with van der Waals surface area (Å²) in [5.74, 6) is 0.875. The molecule has 0 aliphatic heterocycles. The van der Waals surface area contributed by atoms with Gasteiger partial charge in [-0.15, -0.1) is 0 Å². The molecule has 4 aromatic carbocycles. The lowest BCUT2D eigenvalue weighted by atomic mass is 9.94. The fourth-order valence-corrected chi connectivity index (χ4v) is 7.61. The second-order valence-electron chi connectivity index (χ2n) is 9.21. The van der Waals surface area contributed by atoms with Crippen LogP contribution in [0.1, 0.15) is 27.8 Å². The Morgan fingerprint density at radius 2 is 1.18 bits per heavy atom. The maximum atomic E-state index is 5.62. The smallest absolute Gasteiger partial charge is 0.119 e. The molecule has 166 valence electrons. The van der Waals surface area contributed by atoms with Gasteiger partial charge in [-0.05, 0) is 53.4 Å². The van der Waals surface area contributed by atoms with Crippen LogP contribution in [0.25, 0.3) is 10.8 Å². The van der Waals surface area contributed by atoms with E-state index >= 15 is 0 Å². The normalized spacial score (nSPS) is 12.3. The highest BCUT2D eigenvalue weighted by molar-refractivity contribution is 7.05. The lowest BCUT2D eigenvalue weighted by Crippen LogP contribution is -2.43. The number of hydrogen-bond donors (Lipinski definition) is 0. The largest absolute Gasteiger partial charge is 0.497 e. The van der Waals surface area contributed by atoms with E-state index in [0.717, 1.165) is 5.75 Å². The molecule has 33 heavy (non-hydrogen) atoms. The van der Waals surface area contributed by atoms with Crippen LogP contribution in [-0.4, -0.2) is 15.2 Å². The molecule has 0 amide bonds. The second-order valence-corrected chi connectivity index (χ2v) is 13.5. The molecule has 4 aromatic rings. The van der Waals surface area contributed by atoms with E-state index in [0.29, 0.717) is 0 Å². The van der Waals surface area contributed by atoms with E-state index in [1.54, 1.807) is 7.11 Å².